The van der Waals surface area contributed by atoms with Gasteiger partial charge in [0.15, 0.2) is 0 Å². The van der Waals surface area contributed by atoms with Crippen molar-refractivity contribution in [3.8, 4) is 0 Å². The third-order valence-electron chi connectivity index (χ3n) is 4.07. The molecular weight excluding hydrogens is 251 g/mol. The minimum atomic E-state index is -0.164. The molecule has 1 aliphatic heterocycles. The van der Waals surface area contributed by atoms with Crippen molar-refractivity contribution in [3.63, 3.8) is 0 Å². The molecule has 112 valence electrons. The quantitative estimate of drug-likeness (QED) is 0.885. The van der Waals surface area contributed by atoms with E-state index in [0.29, 0.717) is 6.04 Å². The summed E-state index contributed by atoms with van der Waals surface area (Å²) in [6.07, 6.45) is 2.41. The van der Waals surface area contributed by atoms with Crippen LogP contribution in [0.25, 0.3) is 0 Å². The molecule has 1 aromatic carbocycles. The molecule has 1 saturated heterocycles. The average molecular weight is 278 g/mol. The van der Waals surface area contributed by atoms with Crippen LogP contribution in [0, 0.1) is 11.7 Å². The molecule has 1 heterocycles. The van der Waals surface area contributed by atoms with Crippen LogP contribution in [0.2, 0.25) is 0 Å². The predicted molar refractivity (Wildman–Crippen MR) is 82.3 cm³/mol. The molecule has 2 nitrogen and oxygen atoms in total. The van der Waals surface area contributed by atoms with Crippen molar-refractivity contribution in [1.29, 1.82) is 0 Å². The average Bonchev–Trinajstić information content (AvgIpc) is 2.41. The molecular formula is C17H27FN2. The molecule has 0 aromatic heterocycles. The van der Waals surface area contributed by atoms with E-state index >= 15 is 0 Å². The normalized spacial score (nSPS) is 19.4. The standard InChI is InChI=1S/C17H27FN2/c1-13(2)12-20-10-8-17(9-11-20)19-14(3)15-4-6-16(18)7-5-15/h4-7,13-14,17,19H,8-12H2,1-3H3/t14-/m1/s1. The monoisotopic (exact) mass is 278 g/mol. The lowest BCUT2D eigenvalue weighted by Gasteiger charge is -2.34. The van der Waals surface area contributed by atoms with E-state index in [2.05, 4.69) is 31.0 Å². The van der Waals surface area contributed by atoms with Crippen LogP contribution in [0.15, 0.2) is 24.3 Å². The van der Waals surface area contributed by atoms with E-state index in [1.54, 1.807) is 12.1 Å². The zero-order valence-electron chi connectivity index (χ0n) is 12.9. The first-order valence-electron chi connectivity index (χ1n) is 7.78. The molecule has 1 aliphatic rings. The summed E-state index contributed by atoms with van der Waals surface area (Å²) in [6.45, 7) is 10.3. The molecule has 2 rings (SSSR count). The highest BCUT2D eigenvalue weighted by Crippen LogP contribution is 2.18. The van der Waals surface area contributed by atoms with Crippen LogP contribution in [0.3, 0.4) is 0 Å². The summed E-state index contributed by atoms with van der Waals surface area (Å²) in [6, 6.07) is 7.70. The molecule has 1 fully saturated rings. The predicted octanol–water partition coefficient (Wildman–Crippen LogP) is 3.60. The largest absolute Gasteiger partial charge is 0.307 e. The topological polar surface area (TPSA) is 15.3 Å². The van der Waals surface area contributed by atoms with Gasteiger partial charge in [0.2, 0.25) is 0 Å². The van der Waals surface area contributed by atoms with Gasteiger partial charge in [-0.05, 0) is 56.5 Å². The number of halogens is 1. The van der Waals surface area contributed by atoms with E-state index in [4.69, 9.17) is 0 Å². The Bertz CT molecular complexity index is 394. The minimum Gasteiger partial charge on any atom is -0.307 e. The Labute approximate surface area is 122 Å². The summed E-state index contributed by atoms with van der Waals surface area (Å²) in [7, 11) is 0. The smallest absolute Gasteiger partial charge is 0.123 e. The summed E-state index contributed by atoms with van der Waals surface area (Å²) in [5, 5.41) is 3.68. The van der Waals surface area contributed by atoms with Crippen molar-refractivity contribution in [3.05, 3.63) is 35.6 Å². The molecule has 0 spiro atoms. The lowest BCUT2D eigenvalue weighted by Crippen LogP contribution is -2.44. The maximum atomic E-state index is 12.9. The number of likely N-dealkylation sites (tertiary alicyclic amines) is 1. The Morgan fingerprint density at radius 1 is 1.15 bits per heavy atom. The first-order valence-corrected chi connectivity index (χ1v) is 7.78. The summed E-state index contributed by atoms with van der Waals surface area (Å²) in [5.41, 5.74) is 1.16. The number of nitrogens with one attached hydrogen (secondary N) is 1. The molecule has 0 aliphatic carbocycles. The Hall–Kier alpha value is -0.930. The highest BCUT2D eigenvalue weighted by molar-refractivity contribution is 5.19. The van der Waals surface area contributed by atoms with E-state index in [-0.39, 0.29) is 11.9 Å². The molecule has 0 unspecified atom stereocenters. The lowest BCUT2D eigenvalue weighted by atomic mass is 10.0. The van der Waals surface area contributed by atoms with Gasteiger partial charge in [-0.1, -0.05) is 26.0 Å². The van der Waals surface area contributed by atoms with Crippen molar-refractivity contribution in [1.82, 2.24) is 10.2 Å². The molecule has 1 aromatic rings. The number of nitrogens with zero attached hydrogens (tertiary/aromatic N) is 1. The SMILES string of the molecule is CC(C)CN1CCC(N[C@H](C)c2ccc(F)cc2)CC1. The van der Waals surface area contributed by atoms with E-state index in [0.717, 1.165) is 11.5 Å². The van der Waals surface area contributed by atoms with Gasteiger partial charge in [-0.3, -0.25) is 0 Å². The van der Waals surface area contributed by atoms with Gasteiger partial charge >= 0.3 is 0 Å². The molecule has 3 heteroatoms. The number of piperidine rings is 1. The highest BCUT2D eigenvalue weighted by atomic mass is 19.1. The van der Waals surface area contributed by atoms with Crippen LogP contribution < -0.4 is 5.32 Å². The molecule has 0 amide bonds. The molecule has 0 saturated carbocycles. The van der Waals surface area contributed by atoms with Gasteiger partial charge in [0, 0.05) is 18.6 Å². The first kappa shape index (κ1) is 15.5. The Kier molecular flexibility index (Phi) is 5.55. The van der Waals surface area contributed by atoms with Gasteiger partial charge in [-0.25, -0.2) is 4.39 Å². The van der Waals surface area contributed by atoms with Crippen molar-refractivity contribution >= 4 is 0 Å². The Morgan fingerprint density at radius 2 is 1.75 bits per heavy atom. The fraction of sp³-hybridized carbons (Fsp3) is 0.647. The van der Waals surface area contributed by atoms with Crippen molar-refractivity contribution in [2.75, 3.05) is 19.6 Å². The minimum absolute atomic E-state index is 0.164. The number of hydrogen-bond acceptors (Lipinski definition) is 2. The lowest BCUT2D eigenvalue weighted by molar-refractivity contribution is 0.175. The summed E-state index contributed by atoms with van der Waals surface area (Å²) >= 11 is 0. The van der Waals surface area contributed by atoms with Crippen LogP contribution in [0.5, 0.6) is 0 Å². The summed E-state index contributed by atoms with van der Waals surface area (Å²) in [5.74, 6) is 0.584. The van der Waals surface area contributed by atoms with Crippen molar-refractivity contribution < 1.29 is 4.39 Å². The Balaban J connectivity index is 1.79. The van der Waals surface area contributed by atoms with Crippen molar-refractivity contribution in [2.24, 2.45) is 5.92 Å². The van der Waals surface area contributed by atoms with Gasteiger partial charge < -0.3 is 10.2 Å². The molecule has 1 N–H and O–H groups in total. The summed E-state index contributed by atoms with van der Waals surface area (Å²) < 4.78 is 12.9. The molecule has 0 radical (unpaired) electrons. The number of rotatable bonds is 5. The maximum Gasteiger partial charge on any atom is 0.123 e. The van der Waals surface area contributed by atoms with Gasteiger partial charge in [0.1, 0.15) is 5.82 Å². The zero-order valence-corrected chi connectivity index (χ0v) is 12.9. The van der Waals surface area contributed by atoms with Gasteiger partial charge in [0.05, 0.1) is 0 Å². The van der Waals surface area contributed by atoms with Gasteiger partial charge in [-0.15, -0.1) is 0 Å². The van der Waals surface area contributed by atoms with Crippen LogP contribution in [-0.4, -0.2) is 30.6 Å². The Morgan fingerprint density at radius 3 is 2.30 bits per heavy atom. The number of hydrogen-bond donors (Lipinski definition) is 1. The number of benzene rings is 1. The second kappa shape index (κ2) is 7.19. The van der Waals surface area contributed by atoms with E-state index in [9.17, 15) is 4.39 Å². The summed E-state index contributed by atoms with van der Waals surface area (Å²) in [4.78, 5) is 2.56. The molecule has 20 heavy (non-hydrogen) atoms. The third kappa shape index (κ3) is 4.57. The highest BCUT2D eigenvalue weighted by Gasteiger charge is 2.21. The first-order chi connectivity index (χ1) is 9.54. The maximum absolute atomic E-state index is 12.9. The third-order valence-corrected chi connectivity index (χ3v) is 4.07. The molecule has 1 atom stereocenters. The van der Waals surface area contributed by atoms with Crippen molar-refractivity contribution in [2.45, 2.75) is 45.7 Å². The zero-order chi connectivity index (χ0) is 14.5. The van der Waals surface area contributed by atoms with E-state index in [1.807, 2.05) is 12.1 Å². The van der Waals surface area contributed by atoms with Crippen LogP contribution >= 0.6 is 0 Å². The fourth-order valence-electron chi connectivity index (χ4n) is 3.00. The second-order valence-corrected chi connectivity index (χ2v) is 6.41. The van der Waals surface area contributed by atoms with Crippen LogP contribution in [0.1, 0.15) is 45.2 Å². The van der Waals surface area contributed by atoms with E-state index < -0.39 is 0 Å². The van der Waals surface area contributed by atoms with Gasteiger partial charge in [0.25, 0.3) is 0 Å². The van der Waals surface area contributed by atoms with Crippen LogP contribution in [-0.2, 0) is 0 Å². The van der Waals surface area contributed by atoms with Crippen LogP contribution in [0.4, 0.5) is 4.39 Å². The van der Waals surface area contributed by atoms with E-state index in [1.165, 1.54) is 32.5 Å². The fourth-order valence-corrected chi connectivity index (χ4v) is 3.00. The van der Waals surface area contributed by atoms with Gasteiger partial charge in [-0.2, -0.15) is 0 Å². The molecule has 0 bridgehead atoms. The second-order valence-electron chi connectivity index (χ2n) is 6.41.